The number of rotatable bonds is 8. The highest BCUT2D eigenvalue weighted by Gasteiger charge is 2.03. The van der Waals surface area contributed by atoms with Gasteiger partial charge in [0, 0.05) is 10.7 Å². The first-order chi connectivity index (χ1) is 8.51. The van der Waals surface area contributed by atoms with Crippen LogP contribution in [0.2, 0.25) is 0 Å². The molecule has 0 N–H and O–H groups in total. The van der Waals surface area contributed by atoms with E-state index in [4.69, 9.17) is 15.4 Å². The summed E-state index contributed by atoms with van der Waals surface area (Å²) in [5, 5.41) is 0. The maximum atomic E-state index is 10.7. The molecular weight excluding hydrogens is 272 g/mol. The zero-order chi connectivity index (χ0) is 13.4. The summed E-state index contributed by atoms with van der Waals surface area (Å²) in [6.45, 7) is 2.72. The van der Waals surface area contributed by atoms with E-state index in [1.54, 1.807) is 0 Å². The number of hydrogen-bond acceptors (Lipinski definition) is 3. The van der Waals surface area contributed by atoms with Crippen molar-refractivity contribution in [3.63, 3.8) is 0 Å². The van der Waals surface area contributed by atoms with Crippen molar-refractivity contribution < 1.29 is 13.2 Å². The van der Waals surface area contributed by atoms with Crippen molar-refractivity contribution in [1.29, 1.82) is 0 Å². The maximum absolute atomic E-state index is 10.7. The smallest absolute Gasteiger partial charge is 0.232 e. The highest BCUT2D eigenvalue weighted by molar-refractivity contribution is 8.13. The van der Waals surface area contributed by atoms with Crippen LogP contribution in [0.5, 0.6) is 5.75 Å². The van der Waals surface area contributed by atoms with Crippen molar-refractivity contribution in [3.8, 4) is 5.75 Å². The molecule has 0 aliphatic heterocycles. The van der Waals surface area contributed by atoms with Gasteiger partial charge in [0.2, 0.25) is 9.05 Å². The lowest BCUT2D eigenvalue weighted by atomic mass is 10.2. The molecule has 0 heterocycles. The molecule has 18 heavy (non-hydrogen) atoms. The van der Waals surface area contributed by atoms with E-state index in [2.05, 4.69) is 19.1 Å². The predicted molar refractivity (Wildman–Crippen MR) is 74.8 cm³/mol. The van der Waals surface area contributed by atoms with Crippen molar-refractivity contribution >= 4 is 19.7 Å². The first kappa shape index (κ1) is 15.3. The molecule has 0 atom stereocenters. The van der Waals surface area contributed by atoms with Gasteiger partial charge >= 0.3 is 0 Å². The second-order valence-electron chi connectivity index (χ2n) is 4.15. The fourth-order valence-corrected chi connectivity index (χ4v) is 2.44. The van der Waals surface area contributed by atoms with E-state index in [0.717, 1.165) is 25.0 Å². The van der Waals surface area contributed by atoms with E-state index in [1.807, 2.05) is 12.1 Å². The van der Waals surface area contributed by atoms with Crippen LogP contribution < -0.4 is 4.74 Å². The van der Waals surface area contributed by atoms with Gasteiger partial charge in [0.15, 0.2) is 0 Å². The Kier molecular flexibility index (Phi) is 6.50. The van der Waals surface area contributed by atoms with Crippen molar-refractivity contribution in [2.75, 3.05) is 12.4 Å². The third-order valence-corrected chi connectivity index (χ3v) is 3.87. The maximum Gasteiger partial charge on any atom is 0.232 e. The molecule has 1 aromatic rings. The quantitative estimate of drug-likeness (QED) is 0.544. The van der Waals surface area contributed by atoms with Crippen LogP contribution in [0.15, 0.2) is 24.3 Å². The molecule has 0 unspecified atom stereocenters. The van der Waals surface area contributed by atoms with Crippen LogP contribution in [0.25, 0.3) is 0 Å². The lowest BCUT2D eigenvalue weighted by Crippen LogP contribution is -2.00. The Bertz CT molecular complexity index is 440. The topological polar surface area (TPSA) is 43.4 Å². The van der Waals surface area contributed by atoms with E-state index in [-0.39, 0.29) is 5.75 Å². The molecule has 0 aromatic heterocycles. The van der Waals surface area contributed by atoms with Crippen LogP contribution >= 0.6 is 10.7 Å². The van der Waals surface area contributed by atoms with Crippen LogP contribution in [-0.4, -0.2) is 20.8 Å². The molecule has 0 radical (unpaired) electrons. The van der Waals surface area contributed by atoms with E-state index in [0.29, 0.717) is 13.0 Å². The monoisotopic (exact) mass is 290 g/mol. The minimum Gasteiger partial charge on any atom is -0.494 e. The molecule has 0 saturated carbocycles. The number of aryl methyl sites for hydroxylation is 1. The first-order valence-corrected chi connectivity index (χ1v) is 8.63. The van der Waals surface area contributed by atoms with Crippen LogP contribution in [0, 0.1) is 0 Å². The number of hydrogen-bond donors (Lipinski definition) is 0. The Labute approximate surface area is 114 Å². The lowest BCUT2D eigenvalue weighted by Gasteiger charge is -2.06. The number of halogens is 1. The average molecular weight is 291 g/mol. The van der Waals surface area contributed by atoms with Gasteiger partial charge in [-0.2, -0.15) is 0 Å². The Balaban J connectivity index is 2.14. The van der Waals surface area contributed by atoms with Gasteiger partial charge in [-0.25, -0.2) is 8.42 Å². The molecule has 0 saturated heterocycles. The predicted octanol–water partition coefficient (Wildman–Crippen LogP) is 3.37. The average Bonchev–Trinajstić information content (AvgIpc) is 2.33. The lowest BCUT2D eigenvalue weighted by molar-refractivity contribution is 0.306. The Morgan fingerprint density at radius 2 is 1.78 bits per heavy atom. The van der Waals surface area contributed by atoms with Crippen LogP contribution in [0.3, 0.4) is 0 Å². The van der Waals surface area contributed by atoms with Crippen LogP contribution in [0.4, 0.5) is 0 Å². The van der Waals surface area contributed by atoms with Crippen LogP contribution in [0.1, 0.15) is 31.7 Å². The second kappa shape index (κ2) is 7.64. The molecule has 0 aliphatic carbocycles. The van der Waals surface area contributed by atoms with Crippen LogP contribution in [-0.2, 0) is 15.5 Å². The summed E-state index contributed by atoms with van der Waals surface area (Å²) in [5.74, 6) is 0.900. The fraction of sp³-hybridized carbons (Fsp3) is 0.538. The van der Waals surface area contributed by atoms with Gasteiger partial charge in [0.25, 0.3) is 0 Å². The van der Waals surface area contributed by atoms with Gasteiger partial charge in [0.05, 0.1) is 12.4 Å². The highest BCUT2D eigenvalue weighted by atomic mass is 35.7. The summed E-state index contributed by atoms with van der Waals surface area (Å²) in [7, 11) is 1.77. The number of benzene rings is 1. The summed E-state index contributed by atoms with van der Waals surface area (Å²) < 4.78 is 26.9. The van der Waals surface area contributed by atoms with E-state index < -0.39 is 9.05 Å². The summed E-state index contributed by atoms with van der Waals surface area (Å²) >= 11 is 0. The van der Waals surface area contributed by atoms with Gasteiger partial charge in [-0.15, -0.1) is 0 Å². The molecule has 3 nitrogen and oxygen atoms in total. The molecular formula is C13H19ClO3S. The molecule has 1 rings (SSSR count). The fourth-order valence-electron chi connectivity index (χ4n) is 1.56. The number of ether oxygens (including phenoxy) is 1. The first-order valence-electron chi connectivity index (χ1n) is 6.15. The minimum absolute atomic E-state index is 0.0414. The van der Waals surface area contributed by atoms with E-state index in [1.165, 1.54) is 5.56 Å². The van der Waals surface area contributed by atoms with E-state index >= 15 is 0 Å². The number of unbranched alkanes of at least 4 members (excludes halogenated alkanes) is 2. The summed E-state index contributed by atoms with van der Waals surface area (Å²) in [5.41, 5.74) is 1.29. The Morgan fingerprint density at radius 3 is 2.33 bits per heavy atom. The minimum atomic E-state index is -3.34. The van der Waals surface area contributed by atoms with Gasteiger partial charge in [-0.05, 0) is 43.4 Å². The Hall–Kier alpha value is -0.740. The van der Waals surface area contributed by atoms with Crippen molar-refractivity contribution in [3.05, 3.63) is 29.8 Å². The van der Waals surface area contributed by atoms with E-state index in [9.17, 15) is 8.42 Å². The molecule has 0 bridgehead atoms. The molecule has 0 aliphatic rings. The molecule has 0 amide bonds. The van der Waals surface area contributed by atoms with Gasteiger partial charge in [0.1, 0.15) is 5.75 Å². The normalized spacial score (nSPS) is 11.4. The summed E-state index contributed by atoms with van der Waals surface area (Å²) in [4.78, 5) is 0. The second-order valence-corrected chi connectivity index (χ2v) is 7.05. The van der Waals surface area contributed by atoms with Crippen molar-refractivity contribution in [2.45, 2.75) is 32.6 Å². The SMILES string of the molecule is CCc1ccc(OCCCCCS(=O)(=O)Cl)cc1. The molecule has 5 heteroatoms. The van der Waals surface area contributed by atoms with Gasteiger partial charge < -0.3 is 4.74 Å². The zero-order valence-corrected chi connectivity index (χ0v) is 12.1. The van der Waals surface area contributed by atoms with Gasteiger partial charge in [-0.3, -0.25) is 0 Å². The van der Waals surface area contributed by atoms with Crippen molar-refractivity contribution in [1.82, 2.24) is 0 Å². The Morgan fingerprint density at radius 1 is 1.11 bits per heavy atom. The van der Waals surface area contributed by atoms with Gasteiger partial charge in [-0.1, -0.05) is 19.1 Å². The van der Waals surface area contributed by atoms with Crippen molar-refractivity contribution in [2.24, 2.45) is 0 Å². The largest absolute Gasteiger partial charge is 0.494 e. The summed E-state index contributed by atoms with van der Waals surface area (Å²) in [6.07, 6.45) is 3.25. The summed E-state index contributed by atoms with van der Waals surface area (Å²) in [6, 6.07) is 8.02. The standard InChI is InChI=1S/C13H19ClO3S/c1-2-12-6-8-13(9-7-12)17-10-4-3-5-11-18(14,15)16/h6-9H,2-5,10-11H2,1H3. The zero-order valence-electron chi connectivity index (χ0n) is 10.6. The highest BCUT2D eigenvalue weighted by Crippen LogP contribution is 2.13. The third kappa shape index (κ3) is 6.87. The molecule has 0 spiro atoms. The third-order valence-electron chi connectivity index (χ3n) is 2.63. The molecule has 102 valence electrons. The molecule has 1 aromatic carbocycles. The molecule has 0 fully saturated rings.